The van der Waals surface area contributed by atoms with E-state index in [0.717, 1.165) is 0 Å². The van der Waals surface area contributed by atoms with Gasteiger partial charge in [0.2, 0.25) is 0 Å². The number of nitrogens with one attached hydrogen (secondary N) is 1. The lowest BCUT2D eigenvalue weighted by Crippen LogP contribution is -2.46. The number of ketones is 1. The van der Waals surface area contributed by atoms with E-state index in [4.69, 9.17) is 9.57 Å². The number of halogens is 1. The molecular weight excluding hydrogens is 436 g/mol. The van der Waals surface area contributed by atoms with E-state index in [1.807, 2.05) is 0 Å². The zero-order valence-corrected chi connectivity index (χ0v) is 18.0. The molecule has 0 saturated carbocycles. The Morgan fingerprint density at radius 2 is 1.71 bits per heavy atom. The zero-order valence-electron chi connectivity index (χ0n) is 16.4. The van der Waals surface area contributed by atoms with Crippen LogP contribution in [0.4, 0.5) is 4.79 Å². The molecule has 0 bridgehead atoms. The van der Waals surface area contributed by atoms with E-state index < -0.39 is 35.5 Å². The minimum absolute atomic E-state index is 0.0160. The first kappa shape index (κ1) is 24.1. The molecule has 9 nitrogen and oxygen atoms in total. The van der Waals surface area contributed by atoms with Crippen LogP contribution >= 0.6 is 15.9 Å². The first-order valence-electron chi connectivity index (χ1n) is 9.18. The largest absolute Gasteiger partial charge is 0.444 e. The van der Waals surface area contributed by atoms with Gasteiger partial charge in [-0.1, -0.05) is 28.8 Å². The summed E-state index contributed by atoms with van der Waals surface area (Å²) in [5, 5.41) is 3.18. The lowest BCUT2D eigenvalue weighted by molar-refractivity contribution is -0.199. The predicted molar refractivity (Wildman–Crippen MR) is 102 cm³/mol. The number of carbonyl (C=O) groups is 5. The fraction of sp³-hybridized carbons (Fsp3) is 0.722. The van der Waals surface area contributed by atoms with Gasteiger partial charge in [0, 0.05) is 19.3 Å². The van der Waals surface area contributed by atoms with Crippen LogP contribution < -0.4 is 5.32 Å². The number of carbonyl (C=O) groups excluding carboxylic acids is 5. The number of rotatable bonds is 10. The summed E-state index contributed by atoms with van der Waals surface area (Å²) < 4.78 is 5.15. The molecule has 0 aromatic rings. The summed E-state index contributed by atoms with van der Waals surface area (Å²) in [7, 11) is 0. The quantitative estimate of drug-likeness (QED) is 0.300. The van der Waals surface area contributed by atoms with Gasteiger partial charge in [0.1, 0.15) is 17.4 Å². The number of unbranched alkanes of at least 4 members (excludes halogenated alkanes) is 2. The van der Waals surface area contributed by atoms with Crippen LogP contribution in [0.3, 0.4) is 0 Å². The van der Waals surface area contributed by atoms with Crippen molar-refractivity contribution in [2.75, 3.05) is 5.33 Å². The maximum Gasteiger partial charge on any atom is 0.408 e. The summed E-state index contributed by atoms with van der Waals surface area (Å²) in [5.41, 5.74) is -0.755. The van der Waals surface area contributed by atoms with Crippen LogP contribution in [-0.2, 0) is 28.8 Å². The van der Waals surface area contributed by atoms with Gasteiger partial charge in [-0.05, 0) is 33.6 Å². The van der Waals surface area contributed by atoms with Gasteiger partial charge in [-0.2, -0.15) is 0 Å². The summed E-state index contributed by atoms with van der Waals surface area (Å²) in [5.74, 6) is -2.01. The molecule has 1 saturated heterocycles. The highest BCUT2D eigenvalue weighted by molar-refractivity contribution is 9.09. The molecule has 10 heteroatoms. The standard InChI is InChI=1S/C18H27BrN2O7/c1-18(2,3)27-17(26)20-13(8-6-4-5-7-12(22)11-19)16(25)28-21-14(23)9-10-15(21)24/h13H,4-11H2,1-3H3,(H,20,26). The Kier molecular flexibility index (Phi) is 9.57. The monoisotopic (exact) mass is 462 g/mol. The average Bonchev–Trinajstić information content (AvgIpc) is 2.90. The van der Waals surface area contributed by atoms with E-state index in [9.17, 15) is 24.0 Å². The van der Waals surface area contributed by atoms with Crippen LogP contribution in [0.1, 0.15) is 65.7 Å². The van der Waals surface area contributed by atoms with Crippen molar-refractivity contribution in [1.29, 1.82) is 0 Å². The number of Topliss-reactive ketones (excluding diaryl/α,β-unsaturated/α-hetero) is 1. The molecule has 0 aliphatic carbocycles. The number of nitrogens with zero attached hydrogens (tertiary/aromatic N) is 1. The highest BCUT2D eigenvalue weighted by atomic mass is 79.9. The van der Waals surface area contributed by atoms with Crippen LogP contribution in [-0.4, -0.2) is 51.7 Å². The van der Waals surface area contributed by atoms with Gasteiger partial charge in [0.25, 0.3) is 11.8 Å². The Morgan fingerprint density at radius 1 is 1.11 bits per heavy atom. The maximum absolute atomic E-state index is 12.4. The second-order valence-corrected chi connectivity index (χ2v) is 8.02. The number of alkyl halides is 1. The minimum Gasteiger partial charge on any atom is -0.444 e. The molecule has 1 N–H and O–H groups in total. The molecule has 0 aromatic carbocycles. The Bertz CT molecular complexity index is 600. The molecule has 28 heavy (non-hydrogen) atoms. The van der Waals surface area contributed by atoms with E-state index in [1.54, 1.807) is 20.8 Å². The SMILES string of the molecule is CC(C)(C)OC(=O)NC(CCCCCC(=O)CBr)C(=O)ON1C(=O)CCC1=O. The molecule has 0 radical (unpaired) electrons. The second-order valence-electron chi connectivity index (χ2n) is 7.46. The van der Waals surface area contributed by atoms with Crippen LogP contribution in [0.2, 0.25) is 0 Å². The minimum atomic E-state index is -1.08. The number of hydrogen-bond acceptors (Lipinski definition) is 7. The van der Waals surface area contributed by atoms with Crippen LogP contribution in [0.15, 0.2) is 0 Å². The average molecular weight is 463 g/mol. The number of hydrogen-bond donors (Lipinski definition) is 1. The molecule has 1 fully saturated rings. The van der Waals surface area contributed by atoms with Crippen molar-refractivity contribution in [3.05, 3.63) is 0 Å². The summed E-state index contributed by atoms with van der Waals surface area (Å²) in [6, 6.07) is -1.08. The second kappa shape index (κ2) is 11.1. The molecular formula is C18H27BrN2O7. The van der Waals surface area contributed by atoms with E-state index in [-0.39, 0.29) is 25.0 Å². The summed E-state index contributed by atoms with van der Waals surface area (Å²) in [4.78, 5) is 63.9. The Balaban J connectivity index is 2.64. The first-order valence-corrected chi connectivity index (χ1v) is 10.3. The predicted octanol–water partition coefficient (Wildman–Crippen LogP) is 2.40. The van der Waals surface area contributed by atoms with Gasteiger partial charge in [-0.3, -0.25) is 14.4 Å². The Hall–Kier alpha value is -1.97. The molecule has 0 aromatic heterocycles. The van der Waals surface area contributed by atoms with Gasteiger partial charge in [0.15, 0.2) is 0 Å². The number of alkyl carbamates (subject to hydrolysis) is 1. The van der Waals surface area contributed by atoms with Crippen molar-refractivity contribution in [2.24, 2.45) is 0 Å². The smallest absolute Gasteiger partial charge is 0.408 e. The van der Waals surface area contributed by atoms with Crippen molar-refractivity contribution < 1.29 is 33.5 Å². The molecule has 158 valence electrons. The fourth-order valence-electron chi connectivity index (χ4n) is 2.42. The molecule has 3 amide bonds. The molecule has 1 unspecified atom stereocenters. The topological polar surface area (TPSA) is 119 Å². The lowest BCUT2D eigenvalue weighted by Gasteiger charge is -2.23. The third-order valence-corrected chi connectivity index (χ3v) is 4.39. The van der Waals surface area contributed by atoms with E-state index in [2.05, 4.69) is 21.2 Å². The van der Waals surface area contributed by atoms with Crippen molar-refractivity contribution >= 4 is 45.6 Å². The molecule has 0 spiro atoms. The third-order valence-electron chi connectivity index (χ3n) is 3.76. The Labute approximate surface area is 172 Å². The maximum atomic E-state index is 12.4. The van der Waals surface area contributed by atoms with E-state index in [0.29, 0.717) is 36.1 Å². The van der Waals surface area contributed by atoms with Gasteiger partial charge < -0.3 is 14.9 Å². The van der Waals surface area contributed by atoms with E-state index >= 15 is 0 Å². The van der Waals surface area contributed by atoms with Crippen LogP contribution in [0.5, 0.6) is 0 Å². The first-order chi connectivity index (χ1) is 13.0. The van der Waals surface area contributed by atoms with Gasteiger partial charge in [-0.25, -0.2) is 9.59 Å². The summed E-state index contributed by atoms with van der Waals surface area (Å²) in [6.07, 6.45) is 1.67. The van der Waals surface area contributed by atoms with Crippen molar-refractivity contribution in [3.8, 4) is 0 Å². The number of imide groups is 1. The highest BCUT2D eigenvalue weighted by Gasteiger charge is 2.35. The van der Waals surface area contributed by atoms with Crippen molar-refractivity contribution in [2.45, 2.75) is 77.4 Å². The van der Waals surface area contributed by atoms with Crippen LogP contribution in [0.25, 0.3) is 0 Å². The summed E-state index contributed by atoms with van der Waals surface area (Å²) in [6.45, 7) is 5.05. The Morgan fingerprint density at radius 3 is 2.25 bits per heavy atom. The van der Waals surface area contributed by atoms with Gasteiger partial charge in [-0.15, -0.1) is 5.06 Å². The molecule has 1 atom stereocenters. The third kappa shape index (κ3) is 8.81. The molecule has 1 aliphatic heterocycles. The molecule has 1 rings (SSSR count). The number of amides is 3. The van der Waals surface area contributed by atoms with Gasteiger partial charge >= 0.3 is 12.1 Å². The van der Waals surface area contributed by atoms with Crippen molar-refractivity contribution in [1.82, 2.24) is 10.4 Å². The number of hydroxylamine groups is 2. The molecule has 1 aliphatic rings. The normalized spacial score (nSPS) is 15.4. The summed E-state index contributed by atoms with van der Waals surface area (Å²) >= 11 is 3.10. The lowest BCUT2D eigenvalue weighted by atomic mass is 10.1. The fourth-order valence-corrected chi connectivity index (χ4v) is 2.70. The van der Waals surface area contributed by atoms with E-state index in [1.165, 1.54) is 0 Å². The highest BCUT2D eigenvalue weighted by Crippen LogP contribution is 2.15. The number of ether oxygens (including phenoxy) is 1. The van der Waals surface area contributed by atoms with Crippen molar-refractivity contribution in [3.63, 3.8) is 0 Å². The van der Waals surface area contributed by atoms with Gasteiger partial charge in [0.05, 0.1) is 5.33 Å². The zero-order chi connectivity index (χ0) is 21.3. The van der Waals surface area contributed by atoms with Crippen LogP contribution in [0, 0.1) is 0 Å². The molecule has 1 heterocycles.